The van der Waals surface area contributed by atoms with Crippen LogP contribution in [0.15, 0.2) is 34.2 Å². The molecule has 0 atom stereocenters. The maximum Gasteiger partial charge on any atom is 0.350 e. The minimum Gasteiger partial charge on any atom is -0.490 e. The van der Waals surface area contributed by atoms with E-state index in [9.17, 15) is 4.79 Å². The molecule has 2 aromatic rings. The Morgan fingerprint density at radius 1 is 1.26 bits per heavy atom. The van der Waals surface area contributed by atoms with Gasteiger partial charge in [-0.05, 0) is 63.2 Å². The highest BCUT2D eigenvalue weighted by molar-refractivity contribution is 5.77. The summed E-state index contributed by atoms with van der Waals surface area (Å²) >= 11 is 0. The Hall–Kier alpha value is -3.31. The first-order valence-electron chi connectivity index (χ1n) is 11.8. The van der Waals surface area contributed by atoms with Crippen LogP contribution >= 0.6 is 0 Å². The summed E-state index contributed by atoms with van der Waals surface area (Å²) in [6.45, 7) is 3.28. The summed E-state index contributed by atoms with van der Waals surface area (Å²) in [6, 6.07) is 5.66. The van der Waals surface area contributed by atoms with Crippen LogP contribution in [-0.4, -0.2) is 48.3 Å². The van der Waals surface area contributed by atoms with E-state index in [4.69, 9.17) is 26.7 Å². The fourth-order valence-electron chi connectivity index (χ4n) is 4.47. The molecule has 8 N–H and O–H groups in total. The van der Waals surface area contributed by atoms with E-state index >= 15 is 0 Å². The van der Waals surface area contributed by atoms with E-state index in [0.29, 0.717) is 54.4 Å². The summed E-state index contributed by atoms with van der Waals surface area (Å²) in [5.41, 5.74) is 16.6. The molecule has 11 nitrogen and oxygen atoms in total. The number of aliphatic imine (C=N–C) groups is 1. The summed E-state index contributed by atoms with van der Waals surface area (Å²) in [4.78, 5) is 21.1. The third kappa shape index (κ3) is 5.78. The van der Waals surface area contributed by atoms with Crippen LogP contribution < -0.4 is 43.0 Å². The first kappa shape index (κ1) is 23.8. The molecule has 34 heavy (non-hydrogen) atoms. The predicted octanol–water partition coefficient (Wildman–Crippen LogP) is 1.41. The van der Waals surface area contributed by atoms with Crippen molar-refractivity contribution in [2.75, 3.05) is 38.1 Å². The molecule has 0 bridgehead atoms. The largest absolute Gasteiger partial charge is 0.490 e. The van der Waals surface area contributed by atoms with Crippen molar-refractivity contribution in [3.8, 4) is 17.2 Å². The molecule has 2 aliphatic rings. The second-order valence-corrected chi connectivity index (χ2v) is 8.68. The molecule has 0 unspecified atom stereocenters. The molecule has 0 spiro atoms. The second kappa shape index (κ2) is 11.2. The number of ether oxygens (including phenoxy) is 2. The van der Waals surface area contributed by atoms with Crippen LogP contribution in [0.4, 0.5) is 11.5 Å². The van der Waals surface area contributed by atoms with Crippen LogP contribution in [0.25, 0.3) is 0 Å². The van der Waals surface area contributed by atoms with Crippen LogP contribution in [0.2, 0.25) is 0 Å². The van der Waals surface area contributed by atoms with Gasteiger partial charge in [-0.15, -0.1) is 0 Å². The molecule has 2 heterocycles. The quantitative estimate of drug-likeness (QED) is 0.167. The lowest BCUT2D eigenvalue weighted by Crippen LogP contribution is -2.33. The molecular weight excluding hydrogens is 436 g/mol. The Kier molecular flexibility index (Phi) is 7.86. The Bertz CT molecular complexity index is 1060. The molecule has 11 heteroatoms. The van der Waals surface area contributed by atoms with Gasteiger partial charge in [0.15, 0.2) is 23.3 Å². The van der Waals surface area contributed by atoms with E-state index < -0.39 is 0 Å². The third-order valence-corrected chi connectivity index (χ3v) is 6.19. The van der Waals surface area contributed by atoms with Gasteiger partial charge in [0.2, 0.25) is 0 Å². The van der Waals surface area contributed by atoms with Crippen molar-refractivity contribution in [2.24, 2.45) is 28.1 Å². The zero-order chi connectivity index (χ0) is 23.9. The number of nitrogens with two attached hydrogens (primary N) is 3. The number of benzene rings is 1. The molecule has 0 radical (unpaired) electrons. The molecule has 184 valence electrons. The number of fused-ring (bicyclic) bond motifs is 2. The van der Waals surface area contributed by atoms with Crippen molar-refractivity contribution in [3.63, 3.8) is 0 Å². The van der Waals surface area contributed by atoms with Gasteiger partial charge < -0.3 is 37.3 Å². The van der Waals surface area contributed by atoms with Gasteiger partial charge in [-0.1, -0.05) is 6.07 Å². The lowest BCUT2D eigenvalue weighted by molar-refractivity contribution is 0.261. The Balaban J connectivity index is 1.34. The van der Waals surface area contributed by atoms with Gasteiger partial charge >= 0.3 is 5.69 Å². The summed E-state index contributed by atoms with van der Waals surface area (Å²) in [5, 5.41) is 6.68. The molecule has 0 saturated heterocycles. The minimum atomic E-state index is -0.278. The van der Waals surface area contributed by atoms with Gasteiger partial charge in [0.1, 0.15) is 18.0 Å². The van der Waals surface area contributed by atoms with Crippen molar-refractivity contribution in [1.82, 2.24) is 14.9 Å². The van der Waals surface area contributed by atoms with Crippen molar-refractivity contribution in [1.29, 1.82) is 0 Å². The molecule has 0 amide bonds. The van der Waals surface area contributed by atoms with E-state index in [0.717, 1.165) is 45.2 Å². The monoisotopic (exact) mass is 470 g/mol. The van der Waals surface area contributed by atoms with Crippen LogP contribution in [0.3, 0.4) is 0 Å². The molecule has 1 aromatic heterocycles. The topological polar surface area (TPSA) is 168 Å². The van der Waals surface area contributed by atoms with Gasteiger partial charge in [0.25, 0.3) is 0 Å². The number of rotatable bonds is 10. The number of hydrogen-bond acceptors (Lipinski definition) is 8. The number of hydrogen-bond donors (Lipinski definition) is 5. The standard InChI is InChI=1S/C23H34N8O3/c24-9-12-33-17-3-1-4-18-20(17)29-21-19(34-18)14-31(23(32)30-21)16-7-5-15(6-8-16)13-27-10-2-11-28-22(25)26/h1,3-4,14-16,27H,2,5-13,24H2,(H4,25,26,28)(H,29,30,32). The fraction of sp³-hybridized carbons (Fsp3) is 0.522. The van der Waals surface area contributed by atoms with E-state index in [2.05, 4.69) is 20.6 Å². The number of guanidine groups is 1. The van der Waals surface area contributed by atoms with Crippen molar-refractivity contribution in [2.45, 2.75) is 38.1 Å². The number of nitrogens with zero attached hydrogens (tertiary/aromatic N) is 3. The molecule has 1 aromatic carbocycles. The summed E-state index contributed by atoms with van der Waals surface area (Å²) in [5.74, 6) is 2.91. The van der Waals surface area contributed by atoms with Crippen LogP contribution in [0.5, 0.6) is 17.2 Å². The zero-order valence-corrected chi connectivity index (χ0v) is 19.3. The first-order valence-corrected chi connectivity index (χ1v) is 11.8. The summed E-state index contributed by atoms with van der Waals surface area (Å²) < 4.78 is 13.5. The molecular formula is C23H34N8O3. The molecule has 1 fully saturated rings. The lowest BCUT2D eigenvalue weighted by atomic mass is 9.86. The highest BCUT2D eigenvalue weighted by atomic mass is 16.5. The number of anilines is 2. The lowest BCUT2D eigenvalue weighted by Gasteiger charge is -2.30. The van der Waals surface area contributed by atoms with E-state index in [-0.39, 0.29) is 17.7 Å². The molecule has 1 aliphatic heterocycles. The molecule has 1 saturated carbocycles. The van der Waals surface area contributed by atoms with Gasteiger partial charge in [-0.25, -0.2) is 4.79 Å². The van der Waals surface area contributed by atoms with E-state index in [1.807, 2.05) is 18.2 Å². The van der Waals surface area contributed by atoms with Crippen LogP contribution in [0, 0.1) is 5.92 Å². The minimum absolute atomic E-state index is 0.118. The average Bonchev–Trinajstić information content (AvgIpc) is 2.83. The summed E-state index contributed by atoms with van der Waals surface area (Å²) in [6.07, 6.45) is 6.66. The highest BCUT2D eigenvalue weighted by Gasteiger charge is 2.27. The van der Waals surface area contributed by atoms with E-state index in [1.54, 1.807) is 10.8 Å². The summed E-state index contributed by atoms with van der Waals surface area (Å²) in [7, 11) is 0. The Labute approximate surface area is 198 Å². The van der Waals surface area contributed by atoms with Gasteiger partial charge in [0, 0.05) is 19.1 Å². The highest BCUT2D eigenvalue weighted by Crippen LogP contribution is 2.45. The maximum absolute atomic E-state index is 12.8. The average molecular weight is 471 g/mol. The first-order chi connectivity index (χ1) is 16.5. The van der Waals surface area contributed by atoms with Crippen molar-refractivity contribution in [3.05, 3.63) is 34.9 Å². The van der Waals surface area contributed by atoms with Gasteiger partial charge in [-0.2, -0.15) is 4.98 Å². The van der Waals surface area contributed by atoms with Crippen LogP contribution in [-0.2, 0) is 0 Å². The van der Waals surface area contributed by atoms with Crippen molar-refractivity contribution < 1.29 is 9.47 Å². The number of nitrogens with one attached hydrogen (secondary N) is 2. The SMILES string of the molecule is NCCOc1cccc2c1Nc1nc(=O)n(C3CCC(CNCCCN=C(N)N)CC3)cc1O2. The third-order valence-electron chi connectivity index (χ3n) is 6.19. The second-order valence-electron chi connectivity index (χ2n) is 8.68. The predicted molar refractivity (Wildman–Crippen MR) is 132 cm³/mol. The fourth-order valence-corrected chi connectivity index (χ4v) is 4.47. The molecule has 1 aliphatic carbocycles. The zero-order valence-electron chi connectivity index (χ0n) is 19.3. The van der Waals surface area contributed by atoms with Crippen molar-refractivity contribution >= 4 is 17.5 Å². The van der Waals surface area contributed by atoms with Gasteiger partial charge in [0.05, 0.1) is 6.20 Å². The normalized spacial score (nSPS) is 18.7. The number of aromatic nitrogens is 2. The smallest absolute Gasteiger partial charge is 0.350 e. The van der Waals surface area contributed by atoms with E-state index in [1.165, 1.54) is 0 Å². The number of para-hydroxylation sites is 1. The Morgan fingerprint density at radius 2 is 2.09 bits per heavy atom. The maximum atomic E-state index is 12.8. The Morgan fingerprint density at radius 3 is 2.85 bits per heavy atom. The molecule has 4 rings (SSSR count). The van der Waals surface area contributed by atoms with Crippen LogP contribution in [0.1, 0.15) is 38.1 Å². The van der Waals surface area contributed by atoms with Gasteiger partial charge in [-0.3, -0.25) is 9.56 Å².